The maximum atomic E-state index is 12.9. The van der Waals surface area contributed by atoms with E-state index in [1.165, 1.54) is 17.3 Å². The number of hydrogen-bond acceptors (Lipinski definition) is 5. The third-order valence-corrected chi connectivity index (χ3v) is 6.71. The largest absolute Gasteiger partial charge is 0.379 e. The molecule has 2 amide bonds. The summed E-state index contributed by atoms with van der Waals surface area (Å²) in [6.07, 6.45) is 0.149. The number of fused-ring (bicyclic) bond motifs is 1. The molecule has 2 aromatic rings. The monoisotopic (exact) mass is 425 g/mol. The van der Waals surface area contributed by atoms with Gasteiger partial charge in [-0.25, -0.2) is 0 Å². The highest BCUT2D eigenvalue weighted by Crippen LogP contribution is 2.36. The number of thioether (sulfide) groups is 1. The van der Waals surface area contributed by atoms with Crippen LogP contribution in [0.2, 0.25) is 0 Å². The van der Waals surface area contributed by atoms with Crippen molar-refractivity contribution in [2.24, 2.45) is 0 Å². The van der Waals surface area contributed by atoms with Crippen LogP contribution in [-0.4, -0.2) is 54.8 Å². The van der Waals surface area contributed by atoms with Crippen LogP contribution in [0.4, 0.5) is 5.69 Å². The summed E-state index contributed by atoms with van der Waals surface area (Å²) in [7, 11) is 0. The Kier molecular flexibility index (Phi) is 6.72. The van der Waals surface area contributed by atoms with Crippen LogP contribution < -0.4 is 10.6 Å². The number of hydrogen-bond donors (Lipinski definition) is 2. The quantitative estimate of drug-likeness (QED) is 0.745. The first-order valence-corrected chi connectivity index (χ1v) is 11.2. The van der Waals surface area contributed by atoms with Crippen molar-refractivity contribution in [2.75, 3.05) is 38.2 Å². The lowest BCUT2D eigenvalue weighted by Gasteiger charge is -2.31. The number of aryl methyl sites for hydroxylation is 1. The summed E-state index contributed by atoms with van der Waals surface area (Å²) >= 11 is 1.45. The van der Waals surface area contributed by atoms with Gasteiger partial charge in [-0.1, -0.05) is 42.0 Å². The number of morpholine rings is 1. The molecule has 0 unspecified atom stereocenters. The van der Waals surface area contributed by atoms with E-state index in [0.29, 0.717) is 13.2 Å². The zero-order valence-electron chi connectivity index (χ0n) is 17.1. The molecule has 30 heavy (non-hydrogen) atoms. The van der Waals surface area contributed by atoms with Crippen LogP contribution in [0.3, 0.4) is 0 Å². The number of anilines is 1. The van der Waals surface area contributed by atoms with E-state index in [2.05, 4.69) is 46.7 Å². The van der Waals surface area contributed by atoms with Crippen molar-refractivity contribution in [3.63, 3.8) is 0 Å². The highest BCUT2D eigenvalue weighted by molar-refractivity contribution is 8.01. The zero-order chi connectivity index (χ0) is 20.9. The molecule has 0 spiro atoms. The Morgan fingerprint density at radius 1 is 1.20 bits per heavy atom. The predicted molar refractivity (Wildman–Crippen MR) is 119 cm³/mol. The van der Waals surface area contributed by atoms with Crippen LogP contribution in [0, 0.1) is 6.92 Å². The fourth-order valence-corrected chi connectivity index (χ4v) is 4.83. The van der Waals surface area contributed by atoms with Crippen molar-refractivity contribution in [3.05, 3.63) is 59.7 Å². The zero-order valence-corrected chi connectivity index (χ0v) is 17.9. The Labute approximate surface area is 181 Å². The van der Waals surface area contributed by atoms with E-state index in [1.807, 2.05) is 24.3 Å². The highest BCUT2D eigenvalue weighted by atomic mass is 32.2. The van der Waals surface area contributed by atoms with Crippen LogP contribution in [0.5, 0.6) is 0 Å². The minimum atomic E-state index is -0.429. The summed E-state index contributed by atoms with van der Waals surface area (Å²) in [6.45, 7) is 5.92. The second-order valence-corrected chi connectivity index (χ2v) is 8.98. The molecular weight excluding hydrogens is 398 g/mol. The topological polar surface area (TPSA) is 70.7 Å². The third-order valence-electron chi connectivity index (χ3n) is 5.44. The van der Waals surface area contributed by atoms with Gasteiger partial charge in [0.2, 0.25) is 11.8 Å². The standard InChI is InChI=1S/C23H27N3O3S/c1-16-6-8-17(9-7-16)19(15-26-10-12-29-13-11-26)24-22(27)14-21-23(28)25-18-4-2-3-5-20(18)30-21/h2-9,19,21H,10-15H2,1H3,(H,24,27)(H,25,28)/t19-,21+/m0/s1. The van der Waals surface area contributed by atoms with Gasteiger partial charge in [-0.2, -0.15) is 0 Å². The summed E-state index contributed by atoms with van der Waals surface area (Å²) < 4.78 is 5.45. The lowest BCUT2D eigenvalue weighted by molar-refractivity contribution is -0.124. The van der Waals surface area contributed by atoms with Gasteiger partial charge in [0.15, 0.2) is 0 Å². The van der Waals surface area contributed by atoms with E-state index in [9.17, 15) is 9.59 Å². The fourth-order valence-electron chi connectivity index (χ4n) is 3.72. The smallest absolute Gasteiger partial charge is 0.238 e. The minimum absolute atomic E-state index is 0.110. The Bertz CT molecular complexity index is 897. The number of nitrogens with zero attached hydrogens (tertiary/aromatic N) is 1. The molecular formula is C23H27N3O3S. The normalized spacial score (nSPS) is 20.2. The SMILES string of the molecule is Cc1ccc([C@H](CN2CCOCC2)NC(=O)C[C@H]2Sc3ccccc3NC2=O)cc1. The molecule has 2 aromatic carbocycles. The van der Waals surface area contributed by atoms with Crippen molar-refractivity contribution in [2.45, 2.75) is 29.5 Å². The number of nitrogens with one attached hydrogen (secondary N) is 2. The number of carbonyl (C=O) groups excluding carboxylic acids is 2. The van der Waals surface area contributed by atoms with Gasteiger partial charge in [-0.05, 0) is 24.6 Å². The van der Waals surface area contributed by atoms with Crippen LogP contribution in [-0.2, 0) is 14.3 Å². The minimum Gasteiger partial charge on any atom is -0.379 e. The average molecular weight is 426 g/mol. The van der Waals surface area contributed by atoms with E-state index in [1.54, 1.807) is 0 Å². The van der Waals surface area contributed by atoms with Crippen LogP contribution >= 0.6 is 11.8 Å². The molecule has 7 heteroatoms. The first kappa shape index (κ1) is 20.9. The molecule has 0 aromatic heterocycles. The summed E-state index contributed by atoms with van der Waals surface area (Å²) in [5, 5.41) is 5.66. The molecule has 2 N–H and O–H groups in total. The van der Waals surface area contributed by atoms with E-state index >= 15 is 0 Å². The van der Waals surface area contributed by atoms with Gasteiger partial charge < -0.3 is 15.4 Å². The van der Waals surface area contributed by atoms with Gasteiger partial charge in [0.05, 0.1) is 30.2 Å². The van der Waals surface area contributed by atoms with Gasteiger partial charge in [-0.15, -0.1) is 11.8 Å². The second kappa shape index (κ2) is 9.64. The first-order chi connectivity index (χ1) is 14.6. The van der Waals surface area contributed by atoms with Crippen LogP contribution in [0.1, 0.15) is 23.6 Å². The Balaban J connectivity index is 1.43. The number of amides is 2. The third kappa shape index (κ3) is 5.22. The van der Waals surface area contributed by atoms with E-state index in [-0.39, 0.29) is 24.3 Å². The lowest BCUT2D eigenvalue weighted by atomic mass is 10.0. The molecule has 0 radical (unpaired) electrons. The summed E-state index contributed by atoms with van der Waals surface area (Å²) in [4.78, 5) is 28.7. The van der Waals surface area contributed by atoms with Gasteiger partial charge in [0, 0.05) is 31.0 Å². The highest BCUT2D eigenvalue weighted by Gasteiger charge is 2.30. The van der Waals surface area contributed by atoms with Gasteiger partial charge in [-0.3, -0.25) is 14.5 Å². The predicted octanol–water partition coefficient (Wildman–Crippen LogP) is 2.99. The number of rotatable bonds is 6. The molecule has 2 aliphatic rings. The molecule has 6 nitrogen and oxygen atoms in total. The van der Waals surface area contributed by atoms with Gasteiger partial charge in [0.25, 0.3) is 0 Å². The molecule has 0 bridgehead atoms. The van der Waals surface area contributed by atoms with E-state index in [0.717, 1.165) is 35.8 Å². The number of ether oxygens (including phenoxy) is 1. The lowest BCUT2D eigenvalue weighted by Crippen LogP contribution is -2.44. The first-order valence-electron chi connectivity index (χ1n) is 10.3. The molecule has 2 atom stereocenters. The second-order valence-electron chi connectivity index (χ2n) is 7.74. The summed E-state index contributed by atoms with van der Waals surface area (Å²) in [5.74, 6) is -0.227. The van der Waals surface area contributed by atoms with Crippen molar-refractivity contribution in [1.29, 1.82) is 0 Å². The Morgan fingerprint density at radius 3 is 2.70 bits per heavy atom. The van der Waals surface area contributed by atoms with Crippen LogP contribution in [0.25, 0.3) is 0 Å². The Morgan fingerprint density at radius 2 is 1.93 bits per heavy atom. The van der Waals surface area contributed by atoms with Crippen molar-refractivity contribution in [3.8, 4) is 0 Å². The Hall–Kier alpha value is -2.35. The van der Waals surface area contributed by atoms with E-state index < -0.39 is 5.25 Å². The molecule has 0 aliphatic carbocycles. The molecule has 1 fully saturated rings. The molecule has 1 saturated heterocycles. The molecule has 2 heterocycles. The van der Waals surface area contributed by atoms with Gasteiger partial charge >= 0.3 is 0 Å². The maximum absolute atomic E-state index is 12.9. The van der Waals surface area contributed by atoms with E-state index in [4.69, 9.17) is 4.74 Å². The average Bonchev–Trinajstić information content (AvgIpc) is 2.75. The fraction of sp³-hybridized carbons (Fsp3) is 0.391. The van der Waals surface area contributed by atoms with Crippen molar-refractivity contribution in [1.82, 2.24) is 10.2 Å². The summed E-state index contributed by atoms with van der Waals surface area (Å²) in [6, 6.07) is 15.8. The summed E-state index contributed by atoms with van der Waals surface area (Å²) in [5.41, 5.74) is 3.07. The van der Waals surface area contributed by atoms with Crippen molar-refractivity contribution >= 4 is 29.3 Å². The molecule has 0 saturated carbocycles. The number of carbonyl (C=O) groups is 2. The van der Waals surface area contributed by atoms with Gasteiger partial charge in [0.1, 0.15) is 0 Å². The number of para-hydroxylation sites is 1. The maximum Gasteiger partial charge on any atom is 0.238 e. The molecule has 158 valence electrons. The van der Waals surface area contributed by atoms with Crippen LogP contribution in [0.15, 0.2) is 53.4 Å². The molecule has 4 rings (SSSR count). The number of benzene rings is 2. The van der Waals surface area contributed by atoms with Crippen molar-refractivity contribution < 1.29 is 14.3 Å². The molecule has 2 aliphatic heterocycles.